The first kappa shape index (κ1) is 14.7. The molecule has 0 fully saturated rings. The molecule has 2 nitrogen and oxygen atoms in total. The first-order valence-electron chi connectivity index (χ1n) is 5.75. The second-order valence-electron chi connectivity index (χ2n) is 4.33. The highest BCUT2D eigenvalue weighted by molar-refractivity contribution is 9.10. The molecule has 0 N–H and O–H groups in total. The molecule has 0 radical (unpaired) electrons. The van der Waals surface area contributed by atoms with Gasteiger partial charge in [-0.1, -0.05) is 11.6 Å². The minimum atomic E-state index is 0.106. The molecule has 0 aliphatic rings. The number of likely N-dealkylation sites (N-methyl/N-ethyl adjacent to an activating group) is 1. The maximum absolute atomic E-state index is 12.1. The molecular formula is C14H13BrClNOS. The Morgan fingerprint density at radius 2 is 2.05 bits per heavy atom. The molecule has 0 saturated heterocycles. The van der Waals surface area contributed by atoms with Gasteiger partial charge in [0.1, 0.15) is 0 Å². The van der Waals surface area contributed by atoms with Crippen molar-refractivity contribution in [1.29, 1.82) is 0 Å². The van der Waals surface area contributed by atoms with Crippen molar-refractivity contribution in [3.63, 3.8) is 0 Å². The molecule has 0 atom stereocenters. The molecule has 1 aromatic heterocycles. The van der Waals surface area contributed by atoms with Crippen molar-refractivity contribution in [3.05, 3.63) is 55.6 Å². The van der Waals surface area contributed by atoms with Crippen LogP contribution in [0.3, 0.4) is 0 Å². The van der Waals surface area contributed by atoms with Gasteiger partial charge in [-0.3, -0.25) is 9.69 Å². The zero-order valence-electron chi connectivity index (χ0n) is 10.4. The molecule has 0 aliphatic heterocycles. The molecule has 0 saturated carbocycles. The number of benzene rings is 1. The van der Waals surface area contributed by atoms with Gasteiger partial charge >= 0.3 is 0 Å². The van der Waals surface area contributed by atoms with Gasteiger partial charge in [0.25, 0.3) is 0 Å². The average Bonchev–Trinajstić information content (AvgIpc) is 2.75. The number of Topliss-reactive ketones (excluding diaryl/α,β-unsaturated/α-hetero) is 1. The fourth-order valence-corrected chi connectivity index (χ4v) is 3.39. The molecule has 1 heterocycles. The van der Waals surface area contributed by atoms with Gasteiger partial charge in [0.2, 0.25) is 0 Å². The Hall–Kier alpha value is -0.680. The lowest BCUT2D eigenvalue weighted by molar-refractivity contribution is 0.0943. The Bertz CT molecular complexity index is 567. The van der Waals surface area contributed by atoms with Crippen LogP contribution in [0.1, 0.15) is 15.2 Å². The molecule has 0 amide bonds. The van der Waals surface area contributed by atoms with Crippen molar-refractivity contribution < 1.29 is 4.79 Å². The van der Waals surface area contributed by atoms with Gasteiger partial charge in [-0.05, 0) is 53.3 Å². The normalized spacial score (nSPS) is 10.9. The lowest BCUT2D eigenvalue weighted by atomic mass is 10.1. The standard InChI is InChI=1S/C14H13BrClNOS/c1-17(7-13-6-11(15)9-19-13)8-14(18)10-2-4-12(16)5-3-10/h2-6,9H,7-8H2,1H3. The molecule has 0 bridgehead atoms. The predicted molar refractivity (Wildman–Crippen MR) is 84.1 cm³/mol. The van der Waals surface area contributed by atoms with Gasteiger partial charge < -0.3 is 0 Å². The van der Waals surface area contributed by atoms with E-state index in [2.05, 4.69) is 22.0 Å². The number of halogens is 2. The molecule has 5 heteroatoms. The van der Waals surface area contributed by atoms with Crippen LogP contribution < -0.4 is 0 Å². The predicted octanol–water partition coefficient (Wildman–Crippen LogP) is 4.48. The minimum Gasteiger partial charge on any atom is -0.294 e. The maximum Gasteiger partial charge on any atom is 0.176 e. The number of carbonyl (C=O) groups excluding carboxylic acids is 1. The lowest BCUT2D eigenvalue weighted by Gasteiger charge is -2.14. The molecule has 0 aliphatic carbocycles. The molecule has 0 unspecified atom stereocenters. The summed E-state index contributed by atoms with van der Waals surface area (Å²) >= 11 is 10.9. The van der Waals surface area contributed by atoms with Crippen LogP contribution in [-0.4, -0.2) is 24.3 Å². The Kier molecular flexibility index (Phi) is 5.16. The third kappa shape index (κ3) is 4.42. The van der Waals surface area contributed by atoms with Gasteiger partial charge in [-0.25, -0.2) is 0 Å². The Morgan fingerprint density at radius 3 is 2.63 bits per heavy atom. The van der Waals surface area contributed by atoms with Gasteiger partial charge in [0, 0.05) is 31.9 Å². The average molecular weight is 359 g/mol. The first-order chi connectivity index (χ1) is 9.04. The highest BCUT2D eigenvalue weighted by atomic mass is 79.9. The zero-order valence-corrected chi connectivity index (χ0v) is 13.6. The summed E-state index contributed by atoms with van der Waals surface area (Å²) in [6, 6.07) is 9.09. The maximum atomic E-state index is 12.1. The quantitative estimate of drug-likeness (QED) is 0.735. The van der Waals surface area contributed by atoms with Crippen LogP contribution in [0.2, 0.25) is 5.02 Å². The Morgan fingerprint density at radius 1 is 1.37 bits per heavy atom. The number of carbonyl (C=O) groups is 1. The van der Waals surface area contributed by atoms with E-state index in [1.807, 2.05) is 17.3 Å². The lowest BCUT2D eigenvalue weighted by Crippen LogP contribution is -2.25. The molecule has 0 spiro atoms. The van der Waals surface area contributed by atoms with E-state index in [1.54, 1.807) is 35.6 Å². The molecule has 2 aromatic rings. The van der Waals surface area contributed by atoms with Crippen molar-refractivity contribution in [2.24, 2.45) is 0 Å². The fourth-order valence-electron chi connectivity index (χ4n) is 1.73. The number of nitrogens with zero attached hydrogens (tertiary/aromatic N) is 1. The topological polar surface area (TPSA) is 20.3 Å². The zero-order chi connectivity index (χ0) is 13.8. The third-order valence-corrected chi connectivity index (χ3v) is 4.56. The summed E-state index contributed by atoms with van der Waals surface area (Å²) in [7, 11) is 1.95. The van der Waals surface area contributed by atoms with E-state index in [0.717, 1.165) is 11.0 Å². The summed E-state index contributed by atoms with van der Waals surface area (Å²) in [6.07, 6.45) is 0. The minimum absolute atomic E-state index is 0.106. The summed E-state index contributed by atoms with van der Waals surface area (Å²) in [5.41, 5.74) is 0.698. The number of thiophene rings is 1. The highest BCUT2D eigenvalue weighted by Gasteiger charge is 2.10. The van der Waals surface area contributed by atoms with E-state index in [1.165, 1.54) is 4.88 Å². The summed E-state index contributed by atoms with van der Waals surface area (Å²) in [5, 5.41) is 2.69. The van der Waals surface area contributed by atoms with Crippen LogP contribution in [0.25, 0.3) is 0 Å². The van der Waals surface area contributed by atoms with Crippen LogP contribution in [0, 0.1) is 0 Å². The van der Waals surface area contributed by atoms with Crippen LogP contribution in [0.15, 0.2) is 40.2 Å². The molecule has 19 heavy (non-hydrogen) atoms. The smallest absolute Gasteiger partial charge is 0.176 e. The summed E-state index contributed by atoms with van der Waals surface area (Å²) in [4.78, 5) is 15.3. The monoisotopic (exact) mass is 357 g/mol. The molecular weight excluding hydrogens is 346 g/mol. The first-order valence-corrected chi connectivity index (χ1v) is 7.80. The Labute approximate surface area is 130 Å². The molecule has 100 valence electrons. The number of hydrogen-bond acceptors (Lipinski definition) is 3. The van der Waals surface area contributed by atoms with Gasteiger partial charge in [-0.2, -0.15) is 0 Å². The van der Waals surface area contributed by atoms with Crippen LogP contribution >= 0.6 is 38.9 Å². The number of ketones is 1. The van der Waals surface area contributed by atoms with Gasteiger partial charge in [0.15, 0.2) is 5.78 Å². The largest absolute Gasteiger partial charge is 0.294 e. The second-order valence-corrected chi connectivity index (χ2v) is 6.68. The summed E-state index contributed by atoms with van der Waals surface area (Å²) in [5.74, 6) is 0.106. The van der Waals surface area contributed by atoms with Crippen LogP contribution in [-0.2, 0) is 6.54 Å². The van der Waals surface area contributed by atoms with Crippen LogP contribution in [0.5, 0.6) is 0 Å². The Balaban J connectivity index is 1.93. The molecule has 1 aromatic carbocycles. The van der Waals surface area contributed by atoms with E-state index < -0.39 is 0 Å². The third-order valence-electron chi connectivity index (χ3n) is 2.63. The van der Waals surface area contributed by atoms with Crippen molar-refractivity contribution >= 4 is 44.7 Å². The van der Waals surface area contributed by atoms with Crippen molar-refractivity contribution in [3.8, 4) is 0 Å². The fraction of sp³-hybridized carbons (Fsp3) is 0.214. The van der Waals surface area contributed by atoms with Crippen LogP contribution in [0.4, 0.5) is 0 Å². The highest BCUT2D eigenvalue weighted by Crippen LogP contribution is 2.21. The van der Waals surface area contributed by atoms with Crippen molar-refractivity contribution in [2.75, 3.05) is 13.6 Å². The van der Waals surface area contributed by atoms with Crippen molar-refractivity contribution in [1.82, 2.24) is 4.90 Å². The molecule has 2 rings (SSSR count). The number of rotatable bonds is 5. The van der Waals surface area contributed by atoms with E-state index in [-0.39, 0.29) is 5.78 Å². The summed E-state index contributed by atoms with van der Waals surface area (Å²) in [6.45, 7) is 1.17. The van der Waals surface area contributed by atoms with E-state index in [9.17, 15) is 4.79 Å². The van der Waals surface area contributed by atoms with Gasteiger partial charge in [0.05, 0.1) is 6.54 Å². The second kappa shape index (κ2) is 6.66. The van der Waals surface area contributed by atoms with E-state index in [4.69, 9.17) is 11.6 Å². The SMILES string of the molecule is CN(CC(=O)c1ccc(Cl)cc1)Cc1cc(Br)cs1. The number of hydrogen-bond donors (Lipinski definition) is 0. The van der Waals surface area contributed by atoms with Gasteiger partial charge in [-0.15, -0.1) is 11.3 Å². The van der Waals surface area contributed by atoms with E-state index in [0.29, 0.717) is 17.1 Å². The van der Waals surface area contributed by atoms with E-state index >= 15 is 0 Å². The summed E-state index contributed by atoms with van der Waals surface area (Å²) < 4.78 is 1.09. The van der Waals surface area contributed by atoms with Crippen molar-refractivity contribution in [2.45, 2.75) is 6.54 Å².